The molecule has 2 rings (SSSR count). The molecule has 2 fully saturated rings. The monoisotopic (exact) mass is 279 g/mol. The molecule has 2 saturated heterocycles. The fraction of sp³-hybridized carbons (Fsp3) is 0.533. The lowest BCUT2D eigenvalue weighted by Gasteiger charge is -2.18. The minimum Gasteiger partial charge on any atom is -0.444 e. The largest absolute Gasteiger partial charge is 0.444 e. The number of hydrogen-bond acceptors (Lipinski definition) is 4. The number of allylic oxidation sites excluding steroid dienone is 3. The third-order valence-electron chi connectivity index (χ3n) is 3.32. The van der Waals surface area contributed by atoms with E-state index in [0.717, 1.165) is 12.0 Å². The smallest absolute Gasteiger partial charge is 0.407 e. The summed E-state index contributed by atoms with van der Waals surface area (Å²) in [7, 11) is 0. The second-order valence-electron chi connectivity index (χ2n) is 4.90. The molecule has 0 aliphatic carbocycles. The SMILES string of the molecule is C=C/C=C(\C=C)CC(NC(=O)OC1CCOC1)[C@H]1CO1. The van der Waals surface area contributed by atoms with E-state index in [0.29, 0.717) is 26.2 Å². The summed E-state index contributed by atoms with van der Waals surface area (Å²) in [4.78, 5) is 11.9. The summed E-state index contributed by atoms with van der Waals surface area (Å²) in [5, 5.41) is 2.86. The minimum atomic E-state index is -0.414. The molecule has 0 bridgehead atoms. The summed E-state index contributed by atoms with van der Waals surface area (Å²) < 4.78 is 15.8. The molecule has 2 aliphatic heterocycles. The number of alkyl carbamates (subject to hydrolysis) is 1. The van der Waals surface area contributed by atoms with Crippen molar-refractivity contribution in [2.24, 2.45) is 0 Å². The lowest BCUT2D eigenvalue weighted by molar-refractivity contribution is 0.0798. The van der Waals surface area contributed by atoms with Gasteiger partial charge in [-0.05, 0) is 12.0 Å². The molecule has 0 spiro atoms. The van der Waals surface area contributed by atoms with E-state index in [9.17, 15) is 4.79 Å². The van der Waals surface area contributed by atoms with Crippen LogP contribution in [0.2, 0.25) is 0 Å². The van der Waals surface area contributed by atoms with Crippen LogP contribution in [-0.2, 0) is 14.2 Å². The number of amides is 1. The maximum Gasteiger partial charge on any atom is 0.407 e. The number of nitrogens with one attached hydrogen (secondary N) is 1. The van der Waals surface area contributed by atoms with Crippen LogP contribution >= 0.6 is 0 Å². The molecule has 2 heterocycles. The lowest BCUT2D eigenvalue weighted by atomic mass is 10.0. The summed E-state index contributed by atoms with van der Waals surface area (Å²) in [6, 6.07) is -0.103. The van der Waals surface area contributed by atoms with E-state index in [1.54, 1.807) is 12.2 Å². The molecule has 0 saturated carbocycles. The van der Waals surface area contributed by atoms with Crippen LogP contribution in [0.5, 0.6) is 0 Å². The first kappa shape index (κ1) is 14.8. The van der Waals surface area contributed by atoms with E-state index in [1.165, 1.54) is 0 Å². The molecule has 0 radical (unpaired) electrons. The highest BCUT2D eigenvalue weighted by Crippen LogP contribution is 2.21. The highest BCUT2D eigenvalue weighted by Gasteiger charge is 2.35. The Balaban J connectivity index is 1.85. The highest BCUT2D eigenvalue weighted by atomic mass is 16.6. The van der Waals surface area contributed by atoms with Crippen LogP contribution in [-0.4, -0.2) is 44.2 Å². The van der Waals surface area contributed by atoms with E-state index in [4.69, 9.17) is 14.2 Å². The van der Waals surface area contributed by atoms with Gasteiger partial charge in [0.25, 0.3) is 0 Å². The molecule has 3 atom stereocenters. The topological polar surface area (TPSA) is 60.1 Å². The van der Waals surface area contributed by atoms with E-state index >= 15 is 0 Å². The Hall–Kier alpha value is -1.59. The summed E-state index contributed by atoms with van der Waals surface area (Å²) in [5.74, 6) is 0. The number of hydrogen-bond donors (Lipinski definition) is 1. The summed E-state index contributed by atoms with van der Waals surface area (Å²) in [6.45, 7) is 9.21. The van der Waals surface area contributed by atoms with Crippen LogP contribution in [0.25, 0.3) is 0 Å². The third-order valence-corrected chi connectivity index (χ3v) is 3.32. The Morgan fingerprint density at radius 2 is 2.25 bits per heavy atom. The fourth-order valence-corrected chi connectivity index (χ4v) is 2.13. The Labute approximate surface area is 119 Å². The van der Waals surface area contributed by atoms with Gasteiger partial charge in [-0.3, -0.25) is 0 Å². The van der Waals surface area contributed by atoms with Gasteiger partial charge in [-0.1, -0.05) is 31.4 Å². The third kappa shape index (κ3) is 4.51. The lowest BCUT2D eigenvalue weighted by Crippen LogP contribution is -2.41. The molecule has 5 nitrogen and oxygen atoms in total. The van der Waals surface area contributed by atoms with E-state index in [-0.39, 0.29) is 18.2 Å². The highest BCUT2D eigenvalue weighted by molar-refractivity contribution is 5.68. The van der Waals surface area contributed by atoms with Gasteiger partial charge in [0.15, 0.2) is 0 Å². The predicted octanol–water partition coefficient (Wildman–Crippen LogP) is 1.96. The van der Waals surface area contributed by atoms with Crippen molar-refractivity contribution in [1.29, 1.82) is 0 Å². The summed E-state index contributed by atoms with van der Waals surface area (Å²) in [6.07, 6.45) is 6.24. The molecule has 2 unspecified atom stereocenters. The number of carbonyl (C=O) groups is 1. The Morgan fingerprint density at radius 1 is 1.45 bits per heavy atom. The van der Waals surface area contributed by atoms with Gasteiger partial charge in [-0.25, -0.2) is 4.79 Å². The van der Waals surface area contributed by atoms with Crippen LogP contribution in [0.1, 0.15) is 12.8 Å². The predicted molar refractivity (Wildman–Crippen MR) is 75.5 cm³/mol. The van der Waals surface area contributed by atoms with E-state index in [2.05, 4.69) is 18.5 Å². The molecule has 110 valence electrons. The van der Waals surface area contributed by atoms with Crippen LogP contribution < -0.4 is 5.32 Å². The first-order valence-electron chi connectivity index (χ1n) is 6.83. The van der Waals surface area contributed by atoms with Crippen LogP contribution in [0.15, 0.2) is 37.0 Å². The van der Waals surface area contributed by atoms with Crippen molar-refractivity contribution in [3.8, 4) is 0 Å². The molecule has 2 aliphatic rings. The average molecular weight is 279 g/mol. The number of carbonyl (C=O) groups excluding carboxylic acids is 1. The van der Waals surface area contributed by atoms with Gasteiger partial charge >= 0.3 is 6.09 Å². The molecular weight excluding hydrogens is 258 g/mol. The van der Waals surface area contributed by atoms with Crippen molar-refractivity contribution in [1.82, 2.24) is 5.32 Å². The average Bonchev–Trinajstić information content (AvgIpc) is 3.16. The van der Waals surface area contributed by atoms with Gasteiger partial charge in [-0.2, -0.15) is 0 Å². The van der Waals surface area contributed by atoms with Gasteiger partial charge in [0.05, 0.1) is 25.9 Å². The van der Waals surface area contributed by atoms with Crippen molar-refractivity contribution in [3.05, 3.63) is 37.0 Å². The molecule has 5 heteroatoms. The first-order valence-corrected chi connectivity index (χ1v) is 6.83. The maximum atomic E-state index is 11.9. The number of epoxide rings is 1. The molecule has 0 aromatic rings. The van der Waals surface area contributed by atoms with Gasteiger partial charge in [0.1, 0.15) is 12.2 Å². The molecule has 0 aromatic carbocycles. The van der Waals surface area contributed by atoms with Crippen molar-refractivity contribution in [3.63, 3.8) is 0 Å². The van der Waals surface area contributed by atoms with E-state index < -0.39 is 6.09 Å². The second kappa shape index (κ2) is 7.26. The quantitative estimate of drug-likeness (QED) is 0.571. The molecule has 1 N–H and O–H groups in total. The van der Waals surface area contributed by atoms with Crippen molar-refractivity contribution in [2.45, 2.75) is 31.1 Å². The van der Waals surface area contributed by atoms with Crippen LogP contribution in [0.3, 0.4) is 0 Å². The molecule has 1 amide bonds. The van der Waals surface area contributed by atoms with Crippen LogP contribution in [0.4, 0.5) is 4.79 Å². The van der Waals surface area contributed by atoms with E-state index in [1.807, 2.05) is 6.08 Å². The molecular formula is C15H21NO4. The van der Waals surface area contributed by atoms with Crippen molar-refractivity contribution < 1.29 is 19.0 Å². The Bertz CT molecular complexity index is 395. The van der Waals surface area contributed by atoms with Gasteiger partial charge in [0.2, 0.25) is 0 Å². The normalized spacial score (nSPS) is 26.7. The zero-order valence-corrected chi connectivity index (χ0v) is 11.5. The Kier molecular flexibility index (Phi) is 5.38. The van der Waals surface area contributed by atoms with Crippen molar-refractivity contribution in [2.75, 3.05) is 19.8 Å². The second-order valence-corrected chi connectivity index (χ2v) is 4.90. The Morgan fingerprint density at radius 3 is 2.80 bits per heavy atom. The molecule has 0 aromatic heterocycles. The number of rotatable bonds is 7. The van der Waals surface area contributed by atoms with Crippen molar-refractivity contribution >= 4 is 6.09 Å². The zero-order chi connectivity index (χ0) is 14.4. The minimum absolute atomic E-state index is 0.0514. The fourth-order valence-electron chi connectivity index (χ4n) is 2.13. The number of ether oxygens (including phenoxy) is 3. The summed E-state index contributed by atoms with van der Waals surface area (Å²) >= 11 is 0. The molecule has 20 heavy (non-hydrogen) atoms. The van der Waals surface area contributed by atoms with Gasteiger partial charge < -0.3 is 19.5 Å². The first-order chi connectivity index (χ1) is 9.72. The zero-order valence-electron chi connectivity index (χ0n) is 11.5. The van der Waals surface area contributed by atoms with Gasteiger partial charge in [-0.15, -0.1) is 0 Å². The summed E-state index contributed by atoms with van der Waals surface area (Å²) in [5.41, 5.74) is 1.00. The van der Waals surface area contributed by atoms with Crippen LogP contribution in [0, 0.1) is 0 Å². The van der Waals surface area contributed by atoms with Gasteiger partial charge in [0, 0.05) is 6.42 Å². The standard InChI is InChI=1S/C15H21NO4/c1-3-5-11(4-2)8-13(14-10-19-14)16-15(17)20-12-6-7-18-9-12/h3-5,12-14H,1-2,6-10H2,(H,16,17)/b11-5+/t12?,13?,14-/m1/s1. The maximum absolute atomic E-state index is 11.9.